The van der Waals surface area contributed by atoms with Crippen molar-refractivity contribution in [3.05, 3.63) is 12.2 Å². The summed E-state index contributed by atoms with van der Waals surface area (Å²) in [6.45, 7) is 4.29. The fourth-order valence-electron chi connectivity index (χ4n) is 0.373. The second-order valence-electron chi connectivity index (χ2n) is 2.25. The fourth-order valence-corrected chi connectivity index (χ4v) is 0.688. The van der Waals surface area contributed by atoms with Crippen LogP contribution in [-0.4, -0.2) is 18.7 Å². The summed E-state index contributed by atoms with van der Waals surface area (Å²) >= 11 is 0. The summed E-state index contributed by atoms with van der Waals surface area (Å²) < 4.78 is 14.4. The first-order chi connectivity index (χ1) is 5.33. The molecule has 0 aromatic heterocycles. The second kappa shape index (κ2) is 8.83. The molecule has 0 spiro atoms. The Kier molecular flexibility index (Phi) is 12.6. The number of carbonyl (C=O) groups is 1. The Hall–Kier alpha value is 0.555. The maximum Gasteiger partial charge on any atom is 1.00 e. The number of ether oxygens (including phenoxy) is 1. The molecule has 5 nitrogen and oxygen atoms in total. The third-order valence-electron chi connectivity index (χ3n) is 0.947. The van der Waals surface area contributed by atoms with Crippen molar-refractivity contribution < 1.29 is 61.6 Å². The van der Waals surface area contributed by atoms with E-state index < -0.39 is 26.3 Å². The van der Waals surface area contributed by atoms with Crippen molar-refractivity contribution in [1.29, 1.82) is 0 Å². The van der Waals surface area contributed by atoms with Crippen LogP contribution in [-0.2, 0) is 14.1 Å². The zero-order valence-corrected chi connectivity index (χ0v) is 9.50. The van der Waals surface area contributed by atoms with Crippen LogP contribution in [0.5, 0.6) is 0 Å². The second-order valence-corrected chi connectivity index (χ2v) is 3.92. The molecule has 0 aliphatic heterocycles. The van der Waals surface area contributed by atoms with Gasteiger partial charge in [0.05, 0.1) is 6.61 Å². The molecule has 70 valence electrons. The zero-order valence-electron chi connectivity index (χ0n) is 8.61. The van der Waals surface area contributed by atoms with E-state index in [1.807, 2.05) is 0 Å². The molecule has 0 unspecified atom stereocenters. The molecule has 0 aliphatic carbocycles. The largest absolute Gasteiger partial charge is 1.00 e. The van der Waals surface area contributed by atoms with Crippen molar-refractivity contribution in [2.45, 2.75) is 6.92 Å². The third kappa shape index (κ3) is 12.6. The van der Waals surface area contributed by atoms with Gasteiger partial charge in [0.2, 0.25) is 0 Å². The van der Waals surface area contributed by atoms with Gasteiger partial charge < -0.3 is 19.1 Å². The van der Waals surface area contributed by atoms with Gasteiger partial charge in [0, 0.05) is 11.7 Å². The van der Waals surface area contributed by atoms with Crippen LogP contribution in [0.25, 0.3) is 0 Å². The Morgan fingerprint density at radius 1 is 1.43 bits per heavy atom. The molecule has 0 radical (unpaired) electrons. The first-order valence-electron chi connectivity index (χ1n) is 3.16. The summed E-state index contributed by atoms with van der Waals surface area (Å²) in [5.41, 5.74) is 0.168. The predicted octanol–water partition coefficient (Wildman–Crippen LogP) is -6.97. The standard InChI is InChI=1S/C6H11O5P.2Li/c1-5(2)6(7)11-3-4-12(8,9)10;;/h1,3-4H2,2H3,(H2,8,9,10);;/q;2*+1/p-2. The molecule has 0 aromatic rings. The van der Waals surface area contributed by atoms with E-state index in [1.165, 1.54) is 6.92 Å². The van der Waals surface area contributed by atoms with Gasteiger partial charge in [0.1, 0.15) is 0 Å². The van der Waals surface area contributed by atoms with E-state index in [9.17, 15) is 19.1 Å². The molecule has 0 atom stereocenters. The average molecular weight is 206 g/mol. The topological polar surface area (TPSA) is 89.5 Å². The van der Waals surface area contributed by atoms with E-state index in [0.29, 0.717) is 0 Å². The molecule has 14 heavy (non-hydrogen) atoms. The Morgan fingerprint density at radius 2 is 1.86 bits per heavy atom. The molecule has 0 fully saturated rings. The quantitative estimate of drug-likeness (QED) is 0.197. The molecule has 0 aliphatic rings. The van der Waals surface area contributed by atoms with Gasteiger partial charge in [-0.1, -0.05) is 14.2 Å². The molecule has 0 amide bonds. The molecule has 0 bridgehead atoms. The average Bonchev–Trinajstić information content (AvgIpc) is 1.84. The molecular formula is C6H9Li2O5P. The van der Waals surface area contributed by atoms with E-state index in [1.54, 1.807) is 0 Å². The van der Waals surface area contributed by atoms with Crippen molar-refractivity contribution in [1.82, 2.24) is 0 Å². The summed E-state index contributed by atoms with van der Waals surface area (Å²) in [4.78, 5) is 30.7. The van der Waals surface area contributed by atoms with E-state index in [2.05, 4.69) is 11.3 Å². The molecule has 0 heterocycles. The maximum absolute atomic E-state index is 10.6. The molecule has 0 saturated heterocycles. The summed E-state index contributed by atoms with van der Waals surface area (Å²) in [5.74, 6) is -0.691. The Balaban J connectivity index is -0.000000605. The molecule has 0 saturated carbocycles. The van der Waals surface area contributed by atoms with Crippen LogP contribution in [0.1, 0.15) is 6.92 Å². The van der Waals surface area contributed by atoms with Gasteiger partial charge >= 0.3 is 43.7 Å². The van der Waals surface area contributed by atoms with Crippen LogP contribution in [0.2, 0.25) is 0 Å². The SMILES string of the molecule is C=C(C)C(=O)OCCP(=O)([O-])[O-].[Li+].[Li+]. The van der Waals surface area contributed by atoms with Crippen LogP contribution in [0.15, 0.2) is 12.2 Å². The molecule has 8 heteroatoms. The fraction of sp³-hybridized carbons (Fsp3) is 0.500. The van der Waals surface area contributed by atoms with Gasteiger partial charge in [-0.3, -0.25) is 0 Å². The van der Waals surface area contributed by atoms with E-state index in [4.69, 9.17) is 0 Å². The summed E-state index contributed by atoms with van der Waals surface area (Å²) in [7, 11) is -4.56. The smallest absolute Gasteiger partial charge is 0.811 e. The number of hydrogen-bond donors (Lipinski definition) is 0. The number of esters is 1. The minimum absolute atomic E-state index is 0. The van der Waals surface area contributed by atoms with Crippen molar-refractivity contribution in [3.63, 3.8) is 0 Å². The van der Waals surface area contributed by atoms with Gasteiger partial charge in [-0.05, 0) is 6.92 Å². The number of hydrogen-bond acceptors (Lipinski definition) is 5. The van der Waals surface area contributed by atoms with Crippen LogP contribution in [0, 0.1) is 0 Å². The van der Waals surface area contributed by atoms with E-state index >= 15 is 0 Å². The van der Waals surface area contributed by atoms with Gasteiger partial charge in [-0.15, -0.1) is 0 Å². The van der Waals surface area contributed by atoms with E-state index in [-0.39, 0.29) is 43.3 Å². The molecule has 0 N–H and O–H groups in total. The first-order valence-corrected chi connectivity index (χ1v) is 4.89. The van der Waals surface area contributed by atoms with Crippen LogP contribution < -0.4 is 47.5 Å². The monoisotopic (exact) mass is 206 g/mol. The normalized spacial score (nSPS) is 9.36. The molecule has 0 rings (SSSR count). The van der Waals surface area contributed by atoms with Gasteiger partial charge in [0.25, 0.3) is 0 Å². The zero-order chi connectivity index (χ0) is 9.78. The Morgan fingerprint density at radius 3 is 2.14 bits per heavy atom. The van der Waals surface area contributed by atoms with Gasteiger partial charge in [0.15, 0.2) is 0 Å². The van der Waals surface area contributed by atoms with Crippen LogP contribution >= 0.6 is 7.60 Å². The maximum atomic E-state index is 10.6. The van der Waals surface area contributed by atoms with Gasteiger partial charge in [-0.25, -0.2) is 4.79 Å². The summed E-state index contributed by atoms with van der Waals surface area (Å²) in [5, 5.41) is 0. The number of carbonyl (C=O) groups excluding carboxylic acids is 1. The molecular weight excluding hydrogens is 197 g/mol. The Labute approximate surface area is 107 Å². The summed E-state index contributed by atoms with van der Waals surface area (Å²) in [6, 6.07) is 0. The minimum Gasteiger partial charge on any atom is -0.811 e. The van der Waals surface area contributed by atoms with Crippen LogP contribution in [0.3, 0.4) is 0 Å². The number of rotatable bonds is 4. The van der Waals surface area contributed by atoms with Crippen molar-refractivity contribution in [2.24, 2.45) is 0 Å². The molecule has 0 aromatic carbocycles. The third-order valence-corrected chi connectivity index (χ3v) is 1.68. The van der Waals surface area contributed by atoms with Crippen molar-refractivity contribution in [3.8, 4) is 0 Å². The predicted molar refractivity (Wildman–Crippen MR) is 38.2 cm³/mol. The van der Waals surface area contributed by atoms with Crippen molar-refractivity contribution in [2.75, 3.05) is 12.8 Å². The van der Waals surface area contributed by atoms with Crippen LogP contribution in [0.4, 0.5) is 0 Å². The minimum atomic E-state index is -4.56. The van der Waals surface area contributed by atoms with E-state index in [0.717, 1.165) is 0 Å². The summed E-state index contributed by atoms with van der Waals surface area (Å²) in [6.07, 6.45) is -0.675. The first kappa shape index (κ1) is 20.0. The van der Waals surface area contributed by atoms with Crippen molar-refractivity contribution >= 4 is 13.6 Å². The Bertz CT molecular complexity index is 236. The van der Waals surface area contributed by atoms with Gasteiger partial charge in [-0.2, -0.15) is 0 Å².